The van der Waals surface area contributed by atoms with E-state index in [1.165, 1.54) is 0 Å². The van der Waals surface area contributed by atoms with Gasteiger partial charge in [-0.05, 0) is 6.07 Å². The molecular formula is C12H9NO4. The number of nitrogens with zero attached hydrogens (tertiary/aromatic N) is 1. The lowest BCUT2D eigenvalue weighted by Gasteiger charge is -1.98. The van der Waals surface area contributed by atoms with Gasteiger partial charge >= 0.3 is 5.97 Å². The number of benzene rings is 1. The Hall–Kier alpha value is -2.30. The van der Waals surface area contributed by atoms with E-state index in [9.17, 15) is 4.79 Å². The Kier molecular flexibility index (Phi) is 2.11. The number of aliphatic carboxylic acids is 1. The van der Waals surface area contributed by atoms with Gasteiger partial charge in [0.1, 0.15) is 11.8 Å². The zero-order valence-electron chi connectivity index (χ0n) is 8.79. The Balaban J connectivity index is 1.98. The van der Waals surface area contributed by atoms with Gasteiger partial charge in [0, 0.05) is 17.4 Å². The van der Waals surface area contributed by atoms with Gasteiger partial charge in [0.15, 0.2) is 0 Å². The number of carboxylic acids is 1. The molecule has 1 aliphatic rings. The van der Waals surface area contributed by atoms with Crippen LogP contribution in [-0.2, 0) is 9.63 Å². The lowest BCUT2D eigenvalue weighted by atomic mass is 10.0. The molecule has 1 aromatic heterocycles. The summed E-state index contributed by atoms with van der Waals surface area (Å²) < 4.78 is 5.37. The first-order chi connectivity index (χ1) is 8.25. The fraction of sp³-hybridized carbons (Fsp3) is 0.167. The first kappa shape index (κ1) is 9.89. The summed E-state index contributed by atoms with van der Waals surface area (Å²) in [6.45, 7) is 0. The molecular weight excluding hydrogens is 222 g/mol. The molecule has 86 valence electrons. The topological polar surface area (TPSA) is 72.0 Å². The predicted molar refractivity (Wildman–Crippen MR) is 59.9 cm³/mol. The average Bonchev–Trinajstić information content (AvgIpc) is 2.95. The first-order valence-electron chi connectivity index (χ1n) is 5.18. The van der Waals surface area contributed by atoms with Crippen molar-refractivity contribution in [1.29, 1.82) is 0 Å². The molecule has 0 radical (unpaired) electrons. The van der Waals surface area contributed by atoms with Gasteiger partial charge in [0.2, 0.25) is 6.10 Å². The summed E-state index contributed by atoms with van der Waals surface area (Å²) in [5.74, 6) is -1.00. The van der Waals surface area contributed by atoms with Crippen LogP contribution in [0.4, 0.5) is 0 Å². The number of hydrogen-bond acceptors (Lipinski definition) is 4. The highest BCUT2D eigenvalue weighted by molar-refractivity contribution is 6.11. The largest absolute Gasteiger partial charge is 0.478 e. The molecule has 0 saturated carbocycles. The Labute approximate surface area is 96.3 Å². The quantitative estimate of drug-likeness (QED) is 0.858. The minimum absolute atomic E-state index is 0.263. The number of carbonyl (C=O) groups is 1. The third-order valence-electron chi connectivity index (χ3n) is 2.74. The molecule has 1 N–H and O–H groups in total. The van der Waals surface area contributed by atoms with Crippen LogP contribution in [0.2, 0.25) is 0 Å². The molecule has 1 aliphatic heterocycles. The van der Waals surface area contributed by atoms with Crippen molar-refractivity contribution in [3.63, 3.8) is 0 Å². The molecule has 1 atom stereocenters. The summed E-state index contributed by atoms with van der Waals surface area (Å²) in [4.78, 5) is 15.6. The highest BCUT2D eigenvalue weighted by Gasteiger charge is 2.29. The SMILES string of the molecule is O=C(O)C1CC(c2coc3ccccc23)=NO1. The van der Waals surface area contributed by atoms with Gasteiger partial charge in [-0.25, -0.2) is 4.79 Å². The fourth-order valence-corrected chi connectivity index (χ4v) is 1.87. The summed E-state index contributed by atoms with van der Waals surface area (Å²) in [7, 11) is 0. The van der Waals surface area contributed by atoms with Crippen molar-refractivity contribution in [3.8, 4) is 0 Å². The van der Waals surface area contributed by atoms with Crippen molar-refractivity contribution in [2.75, 3.05) is 0 Å². The van der Waals surface area contributed by atoms with Crippen LogP contribution in [0.15, 0.2) is 40.1 Å². The smallest absolute Gasteiger partial charge is 0.348 e. The molecule has 0 spiro atoms. The second-order valence-corrected chi connectivity index (χ2v) is 3.82. The van der Waals surface area contributed by atoms with Crippen LogP contribution in [0.25, 0.3) is 11.0 Å². The zero-order chi connectivity index (χ0) is 11.8. The van der Waals surface area contributed by atoms with Gasteiger partial charge in [-0.1, -0.05) is 23.4 Å². The number of carboxylic acid groups (broad SMARTS) is 1. The maximum Gasteiger partial charge on any atom is 0.348 e. The molecule has 5 heteroatoms. The molecule has 1 unspecified atom stereocenters. The molecule has 3 rings (SSSR count). The number of rotatable bonds is 2. The van der Waals surface area contributed by atoms with Gasteiger partial charge in [-0.2, -0.15) is 0 Å². The number of hydrogen-bond donors (Lipinski definition) is 1. The van der Waals surface area contributed by atoms with Crippen LogP contribution in [0.5, 0.6) is 0 Å². The molecule has 5 nitrogen and oxygen atoms in total. The van der Waals surface area contributed by atoms with E-state index in [1.807, 2.05) is 24.3 Å². The molecule has 2 aromatic rings. The second-order valence-electron chi connectivity index (χ2n) is 3.82. The first-order valence-corrected chi connectivity index (χ1v) is 5.18. The number of oxime groups is 1. The molecule has 0 aliphatic carbocycles. The Morgan fingerprint density at radius 2 is 2.24 bits per heavy atom. The normalized spacial score (nSPS) is 19.1. The Bertz CT molecular complexity index is 614. The van der Waals surface area contributed by atoms with Gasteiger partial charge in [0.05, 0.1) is 5.71 Å². The fourth-order valence-electron chi connectivity index (χ4n) is 1.87. The van der Waals surface area contributed by atoms with E-state index in [2.05, 4.69) is 5.16 Å². The van der Waals surface area contributed by atoms with Crippen molar-refractivity contribution in [3.05, 3.63) is 36.1 Å². The third-order valence-corrected chi connectivity index (χ3v) is 2.74. The van der Waals surface area contributed by atoms with Crippen LogP contribution in [0, 0.1) is 0 Å². The van der Waals surface area contributed by atoms with E-state index in [1.54, 1.807) is 6.26 Å². The van der Waals surface area contributed by atoms with Crippen LogP contribution < -0.4 is 0 Å². The summed E-state index contributed by atoms with van der Waals surface area (Å²) in [5.41, 5.74) is 2.16. The van der Waals surface area contributed by atoms with Crippen molar-refractivity contribution in [2.45, 2.75) is 12.5 Å². The lowest BCUT2D eigenvalue weighted by molar-refractivity contribution is -0.148. The van der Waals surface area contributed by atoms with Crippen molar-refractivity contribution >= 4 is 22.7 Å². The van der Waals surface area contributed by atoms with E-state index in [-0.39, 0.29) is 6.42 Å². The summed E-state index contributed by atoms with van der Waals surface area (Å²) >= 11 is 0. The summed E-state index contributed by atoms with van der Waals surface area (Å²) in [5, 5.41) is 13.5. The highest BCUT2D eigenvalue weighted by atomic mass is 16.7. The standard InChI is InChI=1S/C12H9NO4/c14-12(15)11-5-9(13-17-11)8-6-16-10-4-2-1-3-7(8)10/h1-4,6,11H,5H2,(H,14,15). The van der Waals surface area contributed by atoms with Crippen molar-refractivity contribution in [2.24, 2.45) is 5.16 Å². The van der Waals surface area contributed by atoms with Crippen molar-refractivity contribution < 1.29 is 19.2 Å². The minimum atomic E-state index is -1.00. The molecule has 1 aromatic carbocycles. The molecule has 0 amide bonds. The molecule has 0 bridgehead atoms. The van der Waals surface area contributed by atoms with Crippen LogP contribution >= 0.6 is 0 Å². The predicted octanol–water partition coefficient (Wildman–Crippen LogP) is 2.01. The summed E-state index contributed by atoms with van der Waals surface area (Å²) in [6.07, 6.45) is 0.953. The summed E-state index contributed by atoms with van der Waals surface area (Å²) in [6, 6.07) is 7.53. The Morgan fingerprint density at radius 3 is 3.00 bits per heavy atom. The average molecular weight is 231 g/mol. The minimum Gasteiger partial charge on any atom is -0.478 e. The van der Waals surface area contributed by atoms with E-state index in [0.717, 1.165) is 16.5 Å². The Morgan fingerprint density at radius 1 is 1.41 bits per heavy atom. The second kappa shape index (κ2) is 3.62. The molecule has 17 heavy (non-hydrogen) atoms. The van der Waals surface area contributed by atoms with E-state index in [4.69, 9.17) is 14.4 Å². The zero-order valence-corrected chi connectivity index (χ0v) is 8.79. The van der Waals surface area contributed by atoms with Gasteiger partial charge in [0.25, 0.3) is 0 Å². The molecule has 2 heterocycles. The maximum atomic E-state index is 10.8. The van der Waals surface area contributed by atoms with E-state index in [0.29, 0.717) is 5.71 Å². The number of furan rings is 1. The number of para-hydroxylation sites is 1. The van der Waals surface area contributed by atoms with Gasteiger partial charge in [-0.15, -0.1) is 0 Å². The lowest BCUT2D eigenvalue weighted by Crippen LogP contribution is -2.19. The van der Waals surface area contributed by atoms with Gasteiger partial charge < -0.3 is 14.4 Å². The monoisotopic (exact) mass is 231 g/mol. The van der Waals surface area contributed by atoms with E-state index >= 15 is 0 Å². The third kappa shape index (κ3) is 1.56. The van der Waals surface area contributed by atoms with Crippen LogP contribution in [-0.4, -0.2) is 22.9 Å². The van der Waals surface area contributed by atoms with Crippen LogP contribution in [0.3, 0.4) is 0 Å². The van der Waals surface area contributed by atoms with Crippen molar-refractivity contribution in [1.82, 2.24) is 0 Å². The number of fused-ring (bicyclic) bond motifs is 1. The van der Waals surface area contributed by atoms with Crippen LogP contribution in [0.1, 0.15) is 12.0 Å². The molecule has 0 fully saturated rings. The molecule has 0 saturated heterocycles. The highest BCUT2D eigenvalue weighted by Crippen LogP contribution is 2.25. The van der Waals surface area contributed by atoms with Gasteiger partial charge in [-0.3, -0.25) is 0 Å². The van der Waals surface area contributed by atoms with E-state index < -0.39 is 12.1 Å². The maximum absolute atomic E-state index is 10.8.